The summed E-state index contributed by atoms with van der Waals surface area (Å²) in [6, 6.07) is 33.0. The van der Waals surface area contributed by atoms with E-state index in [0.29, 0.717) is 0 Å². The summed E-state index contributed by atoms with van der Waals surface area (Å²) in [6.45, 7) is 11.6. The summed E-state index contributed by atoms with van der Waals surface area (Å²) in [5, 5.41) is 50.7. The Hall–Kier alpha value is -6.19. The van der Waals surface area contributed by atoms with Crippen molar-refractivity contribution in [1.82, 2.24) is 38.2 Å². The second-order valence-corrected chi connectivity index (χ2v) is 13.0. The number of carboxylic acid groups (broad SMARTS) is 4. The third-order valence-corrected chi connectivity index (χ3v) is 7.71. The Kier molecular flexibility index (Phi) is 33.8. The first-order chi connectivity index (χ1) is 30.6. The molecule has 4 aromatic carbocycles. The maximum Gasteiger partial charge on any atom is 2.00 e. The van der Waals surface area contributed by atoms with Crippen molar-refractivity contribution in [3.8, 4) is 0 Å². The van der Waals surface area contributed by atoms with Crippen molar-refractivity contribution < 1.29 is 88.8 Å². The van der Waals surface area contributed by atoms with E-state index in [4.69, 9.17) is 49.8 Å². The number of benzene rings is 4. The van der Waals surface area contributed by atoms with Crippen molar-refractivity contribution in [3.05, 3.63) is 122 Å². The van der Waals surface area contributed by atoms with Gasteiger partial charge in [0.1, 0.15) is 0 Å². The fourth-order valence-corrected chi connectivity index (χ4v) is 5.58. The standard InChI is InChI=1S/2C17H16N4.4C2H4O2.2C2H6O.2Zn/c2*1-3-8-16-14(6-1)18-12-20(16)10-5-11-21-13-19-15-7-2-4-9-17(15)21;4*1-2(3)4;2*1-2-3;;/h2*1-4,6-9,12-13H,5,10-11H2;4*1H3,(H,3,4);2*3H,2H2,1H3;;/q;;;;;;;;2*+2/p-4. The van der Waals surface area contributed by atoms with Gasteiger partial charge in [0.2, 0.25) is 0 Å². The van der Waals surface area contributed by atoms with Crippen molar-refractivity contribution >= 4 is 68.0 Å². The Morgan fingerprint density at radius 3 is 0.727 bits per heavy atom. The zero-order chi connectivity index (χ0) is 47.9. The van der Waals surface area contributed by atoms with E-state index in [1.807, 2.05) is 49.6 Å². The molecule has 20 heteroatoms. The van der Waals surface area contributed by atoms with Crippen molar-refractivity contribution in [3.63, 3.8) is 0 Å². The Labute approximate surface area is 409 Å². The van der Waals surface area contributed by atoms with E-state index in [9.17, 15) is 0 Å². The third-order valence-electron chi connectivity index (χ3n) is 7.71. The zero-order valence-electron chi connectivity index (χ0n) is 38.4. The Morgan fingerprint density at radius 1 is 0.409 bits per heavy atom. The van der Waals surface area contributed by atoms with Crippen LogP contribution in [0, 0.1) is 0 Å². The van der Waals surface area contributed by atoms with Gasteiger partial charge in [-0.05, 0) is 103 Å². The van der Waals surface area contributed by atoms with Gasteiger partial charge in [0, 0.05) is 63.3 Å². The number of para-hydroxylation sites is 8. The van der Waals surface area contributed by atoms with Crippen molar-refractivity contribution in [2.75, 3.05) is 13.2 Å². The fourth-order valence-electron chi connectivity index (χ4n) is 5.58. The summed E-state index contributed by atoms with van der Waals surface area (Å²) in [6.07, 6.45) is 9.82. The molecular formula is C46H56N8O10Zn2. The summed E-state index contributed by atoms with van der Waals surface area (Å²) >= 11 is 0. The molecule has 0 fully saturated rings. The minimum atomic E-state index is -1.08. The van der Waals surface area contributed by atoms with Gasteiger partial charge in [0.05, 0.1) is 69.4 Å². The van der Waals surface area contributed by atoms with Gasteiger partial charge in [-0.25, -0.2) is 19.9 Å². The number of carbonyl (C=O) groups is 4. The normalized spacial score (nSPS) is 9.33. The van der Waals surface area contributed by atoms with E-state index in [1.54, 1.807) is 13.8 Å². The second kappa shape index (κ2) is 36.1. The molecule has 8 aromatic rings. The Balaban J connectivity index is 0. The molecule has 2 N–H and O–H groups in total. The largest absolute Gasteiger partial charge is 2.00 e. The molecule has 0 aliphatic carbocycles. The first-order valence-corrected chi connectivity index (χ1v) is 20.1. The maximum absolute atomic E-state index is 8.89. The van der Waals surface area contributed by atoms with Gasteiger partial charge in [-0.15, -0.1) is 0 Å². The van der Waals surface area contributed by atoms with E-state index >= 15 is 0 Å². The molecule has 4 heterocycles. The third kappa shape index (κ3) is 25.3. The average molecular weight is 1010 g/mol. The summed E-state index contributed by atoms with van der Waals surface area (Å²) in [5.74, 6) is -4.33. The number of nitrogens with zero attached hydrogens (tertiary/aromatic N) is 8. The molecule has 0 aliphatic rings. The number of aryl methyl sites for hydroxylation is 4. The number of rotatable bonds is 8. The van der Waals surface area contributed by atoms with Gasteiger partial charge in [-0.2, -0.15) is 0 Å². The molecule has 0 unspecified atom stereocenters. The van der Waals surface area contributed by atoms with Gasteiger partial charge in [-0.1, -0.05) is 48.5 Å². The number of aliphatic hydroxyl groups is 2. The SMILES string of the molecule is CC(=O)[O-].CC(=O)[O-].CC(=O)[O-].CC(=O)[O-].CCO.CCO.[Zn+2].[Zn+2].c1ccc2c(c1)ncn2CCCn1cnc2ccccc21.c1ccc2c(c1)ncn2CCCn1cnc2ccccc21. The summed E-state index contributed by atoms with van der Waals surface area (Å²) < 4.78 is 8.87. The summed E-state index contributed by atoms with van der Waals surface area (Å²) in [5.41, 5.74) is 9.05. The molecule has 0 atom stereocenters. The average Bonchev–Trinajstić information content (AvgIpc) is 4.04. The van der Waals surface area contributed by atoms with Crippen molar-refractivity contribution in [1.29, 1.82) is 0 Å². The van der Waals surface area contributed by atoms with E-state index in [2.05, 4.69) is 111 Å². The van der Waals surface area contributed by atoms with E-state index in [1.165, 1.54) is 22.1 Å². The fraction of sp³-hybridized carbons (Fsp3) is 0.304. The van der Waals surface area contributed by atoms with Crippen LogP contribution < -0.4 is 20.4 Å². The number of carbonyl (C=O) groups excluding carboxylic acids is 4. The van der Waals surface area contributed by atoms with Crippen LogP contribution in [0.25, 0.3) is 44.1 Å². The smallest absolute Gasteiger partial charge is 0.550 e. The van der Waals surface area contributed by atoms with Gasteiger partial charge >= 0.3 is 39.0 Å². The van der Waals surface area contributed by atoms with E-state index < -0.39 is 23.9 Å². The van der Waals surface area contributed by atoms with Crippen molar-refractivity contribution in [2.24, 2.45) is 0 Å². The maximum atomic E-state index is 8.89. The Morgan fingerprint density at radius 2 is 0.561 bits per heavy atom. The molecule has 0 saturated heterocycles. The number of aliphatic hydroxyl groups excluding tert-OH is 2. The molecule has 18 nitrogen and oxygen atoms in total. The van der Waals surface area contributed by atoms with Gasteiger partial charge in [0.15, 0.2) is 0 Å². The molecule has 66 heavy (non-hydrogen) atoms. The number of fused-ring (bicyclic) bond motifs is 4. The van der Waals surface area contributed by atoms with Gasteiger partial charge in [-0.3, -0.25) is 0 Å². The zero-order valence-corrected chi connectivity index (χ0v) is 44.3. The molecule has 0 aliphatic heterocycles. The molecule has 0 spiro atoms. The van der Waals surface area contributed by atoms with Gasteiger partial charge in [0.25, 0.3) is 0 Å². The molecule has 0 saturated carbocycles. The monoisotopic (exact) mass is 1010 g/mol. The molecule has 344 valence electrons. The predicted molar refractivity (Wildman–Crippen MR) is 236 cm³/mol. The molecule has 8 rings (SSSR count). The topological polar surface area (TPSA) is 272 Å². The molecule has 4 aromatic heterocycles. The van der Waals surface area contributed by atoms with Crippen LogP contribution in [-0.4, -0.2) is 85.5 Å². The molecule has 0 amide bonds. The number of imidazole rings is 4. The minimum Gasteiger partial charge on any atom is -0.550 e. The summed E-state index contributed by atoms with van der Waals surface area (Å²) in [7, 11) is 0. The van der Waals surface area contributed by atoms with Gasteiger partial charge < -0.3 is 68.1 Å². The number of carboxylic acids is 4. The molecule has 0 bridgehead atoms. The van der Waals surface area contributed by atoms with Crippen LogP contribution in [0.3, 0.4) is 0 Å². The van der Waals surface area contributed by atoms with E-state index in [0.717, 1.165) is 88.8 Å². The Bertz CT molecular complexity index is 2210. The van der Waals surface area contributed by atoms with Crippen LogP contribution in [0.2, 0.25) is 0 Å². The van der Waals surface area contributed by atoms with E-state index in [-0.39, 0.29) is 52.2 Å². The quantitative estimate of drug-likeness (QED) is 0.206. The van der Waals surface area contributed by atoms with Crippen LogP contribution in [0.5, 0.6) is 0 Å². The van der Waals surface area contributed by atoms with Crippen LogP contribution in [-0.2, 0) is 84.3 Å². The van der Waals surface area contributed by atoms with Crippen LogP contribution in [0.15, 0.2) is 122 Å². The number of aromatic nitrogens is 8. The second-order valence-electron chi connectivity index (χ2n) is 13.0. The first kappa shape index (κ1) is 61.9. The van der Waals surface area contributed by atoms with Crippen molar-refractivity contribution in [2.45, 2.75) is 80.6 Å². The molecule has 0 radical (unpaired) electrons. The summed E-state index contributed by atoms with van der Waals surface area (Å²) in [4.78, 5) is 53.3. The van der Waals surface area contributed by atoms with Crippen LogP contribution >= 0.6 is 0 Å². The number of aliphatic carboxylic acids is 4. The van der Waals surface area contributed by atoms with Crippen LogP contribution in [0.1, 0.15) is 54.4 Å². The number of hydrogen-bond acceptors (Lipinski definition) is 14. The molecular weight excluding hydrogens is 955 g/mol. The minimum absolute atomic E-state index is 0. The number of hydrogen-bond donors (Lipinski definition) is 2. The first-order valence-electron chi connectivity index (χ1n) is 20.1. The van der Waals surface area contributed by atoms with Crippen LogP contribution in [0.4, 0.5) is 0 Å². The predicted octanol–water partition coefficient (Wildman–Crippen LogP) is 1.97.